The van der Waals surface area contributed by atoms with E-state index >= 15 is 0 Å². The van der Waals surface area contributed by atoms with Crippen LogP contribution in [0.1, 0.15) is 25.8 Å². The van der Waals surface area contributed by atoms with Crippen molar-refractivity contribution < 1.29 is 9.53 Å². The van der Waals surface area contributed by atoms with Gasteiger partial charge in [-0.3, -0.25) is 10.2 Å². The second kappa shape index (κ2) is 6.46. The van der Waals surface area contributed by atoms with Gasteiger partial charge in [0, 0.05) is 19.1 Å². The second-order valence-corrected chi connectivity index (χ2v) is 5.87. The van der Waals surface area contributed by atoms with E-state index in [4.69, 9.17) is 16.3 Å². The highest BCUT2D eigenvalue weighted by molar-refractivity contribution is 6.33. The molecule has 0 bridgehead atoms. The molecule has 2 rings (SSSR count). The average molecular weight is 297 g/mol. The van der Waals surface area contributed by atoms with Crippen LogP contribution in [0.15, 0.2) is 18.2 Å². The van der Waals surface area contributed by atoms with E-state index in [0.717, 1.165) is 25.1 Å². The molecule has 4 nitrogen and oxygen atoms in total. The SMILES string of the molecule is Cc1cccc(Cl)c1NC(=O)OC1CCN(C(C)C)C1. The number of benzene rings is 1. The van der Waals surface area contributed by atoms with E-state index in [9.17, 15) is 4.79 Å². The predicted octanol–water partition coefficient (Wildman–Crippen LogP) is 3.68. The van der Waals surface area contributed by atoms with Crippen LogP contribution in [0.3, 0.4) is 0 Å². The van der Waals surface area contributed by atoms with Crippen LogP contribution in [0.4, 0.5) is 10.5 Å². The summed E-state index contributed by atoms with van der Waals surface area (Å²) in [6.45, 7) is 7.97. The minimum absolute atomic E-state index is 0.0415. The maximum absolute atomic E-state index is 11.9. The van der Waals surface area contributed by atoms with Crippen LogP contribution in [-0.4, -0.2) is 36.2 Å². The molecule has 1 aromatic carbocycles. The summed E-state index contributed by atoms with van der Waals surface area (Å²) in [6.07, 6.45) is 0.407. The van der Waals surface area contributed by atoms with Crippen LogP contribution in [0.5, 0.6) is 0 Å². The second-order valence-electron chi connectivity index (χ2n) is 5.46. The first-order chi connectivity index (χ1) is 9.47. The Bertz CT molecular complexity index is 471. The highest BCUT2D eigenvalue weighted by Crippen LogP contribution is 2.25. The summed E-state index contributed by atoms with van der Waals surface area (Å²) < 4.78 is 5.46. The van der Waals surface area contributed by atoms with Gasteiger partial charge in [0.2, 0.25) is 0 Å². The molecular formula is C15H21ClN2O2. The van der Waals surface area contributed by atoms with Crippen molar-refractivity contribution in [3.8, 4) is 0 Å². The molecular weight excluding hydrogens is 276 g/mol. The smallest absolute Gasteiger partial charge is 0.411 e. The lowest BCUT2D eigenvalue weighted by atomic mass is 10.2. The van der Waals surface area contributed by atoms with Gasteiger partial charge in [0.05, 0.1) is 10.7 Å². The number of ether oxygens (including phenoxy) is 1. The molecule has 0 saturated carbocycles. The number of carbonyl (C=O) groups is 1. The molecule has 1 N–H and O–H groups in total. The van der Waals surface area contributed by atoms with E-state index in [1.165, 1.54) is 0 Å². The minimum atomic E-state index is -0.434. The number of hydrogen-bond donors (Lipinski definition) is 1. The standard InChI is InChI=1S/C15H21ClN2O2/c1-10(2)18-8-7-12(9-18)20-15(19)17-14-11(3)5-4-6-13(14)16/h4-6,10,12H,7-9H2,1-3H3,(H,17,19). The Balaban J connectivity index is 1.91. The summed E-state index contributed by atoms with van der Waals surface area (Å²) in [6, 6.07) is 5.99. The van der Waals surface area contributed by atoms with Crippen molar-refractivity contribution in [2.24, 2.45) is 0 Å². The van der Waals surface area contributed by atoms with Crippen LogP contribution in [-0.2, 0) is 4.74 Å². The molecule has 0 aliphatic carbocycles. The molecule has 1 atom stereocenters. The molecule has 1 unspecified atom stereocenters. The Kier molecular flexibility index (Phi) is 4.89. The number of nitrogens with zero attached hydrogens (tertiary/aromatic N) is 1. The lowest BCUT2D eigenvalue weighted by molar-refractivity contribution is 0.110. The topological polar surface area (TPSA) is 41.6 Å². The van der Waals surface area contributed by atoms with Gasteiger partial charge in [-0.1, -0.05) is 23.7 Å². The van der Waals surface area contributed by atoms with E-state index in [1.54, 1.807) is 6.07 Å². The molecule has 1 heterocycles. The molecule has 110 valence electrons. The lowest BCUT2D eigenvalue weighted by Crippen LogP contribution is -2.31. The largest absolute Gasteiger partial charge is 0.445 e. The Morgan fingerprint density at radius 1 is 1.50 bits per heavy atom. The zero-order chi connectivity index (χ0) is 14.7. The summed E-state index contributed by atoms with van der Waals surface area (Å²) in [4.78, 5) is 14.2. The number of para-hydroxylation sites is 1. The molecule has 1 aliphatic rings. The predicted molar refractivity (Wildman–Crippen MR) is 81.4 cm³/mol. The third kappa shape index (κ3) is 3.64. The quantitative estimate of drug-likeness (QED) is 0.925. The zero-order valence-corrected chi connectivity index (χ0v) is 12.9. The molecule has 1 saturated heterocycles. The van der Waals surface area contributed by atoms with Gasteiger partial charge in [-0.2, -0.15) is 0 Å². The summed E-state index contributed by atoms with van der Waals surface area (Å²) in [5.41, 5.74) is 1.54. The number of nitrogens with one attached hydrogen (secondary N) is 1. The van der Waals surface area contributed by atoms with E-state index in [1.807, 2.05) is 19.1 Å². The monoisotopic (exact) mass is 296 g/mol. The van der Waals surface area contributed by atoms with Gasteiger partial charge >= 0.3 is 6.09 Å². The molecule has 5 heteroatoms. The Morgan fingerprint density at radius 2 is 2.25 bits per heavy atom. The van der Waals surface area contributed by atoms with Crippen molar-refractivity contribution in [2.75, 3.05) is 18.4 Å². The van der Waals surface area contributed by atoms with E-state index in [0.29, 0.717) is 16.8 Å². The normalized spacial score (nSPS) is 19.4. The van der Waals surface area contributed by atoms with Gasteiger partial charge < -0.3 is 4.74 Å². The maximum atomic E-state index is 11.9. The number of anilines is 1. The van der Waals surface area contributed by atoms with Gasteiger partial charge in [0.1, 0.15) is 6.10 Å². The molecule has 0 radical (unpaired) electrons. The van der Waals surface area contributed by atoms with Gasteiger partial charge in [0.15, 0.2) is 0 Å². The number of likely N-dealkylation sites (tertiary alicyclic amines) is 1. The number of rotatable bonds is 3. The number of halogens is 1. The molecule has 0 spiro atoms. The van der Waals surface area contributed by atoms with Crippen molar-refractivity contribution >= 4 is 23.4 Å². The number of amides is 1. The summed E-state index contributed by atoms with van der Waals surface area (Å²) >= 11 is 6.08. The third-order valence-electron chi connectivity index (χ3n) is 3.63. The summed E-state index contributed by atoms with van der Waals surface area (Å²) in [5, 5.41) is 3.26. The van der Waals surface area contributed by atoms with Crippen molar-refractivity contribution in [1.82, 2.24) is 4.90 Å². The average Bonchev–Trinajstić information content (AvgIpc) is 2.82. The van der Waals surface area contributed by atoms with E-state index in [-0.39, 0.29) is 6.10 Å². The van der Waals surface area contributed by atoms with Crippen molar-refractivity contribution in [2.45, 2.75) is 39.3 Å². The van der Waals surface area contributed by atoms with E-state index < -0.39 is 6.09 Å². The van der Waals surface area contributed by atoms with Crippen LogP contribution in [0, 0.1) is 6.92 Å². The Labute approximate surface area is 125 Å². The third-order valence-corrected chi connectivity index (χ3v) is 3.94. The van der Waals surface area contributed by atoms with Crippen molar-refractivity contribution in [3.63, 3.8) is 0 Å². The highest BCUT2D eigenvalue weighted by atomic mass is 35.5. The summed E-state index contributed by atoms with van der Waals surface area (Å²) in [7, 11) is 0. The molecule has 1 fully saturated rings. The molecule has 20 heavy (non-hydrogen) atoms. The first kappa shape index (κ1) is 15.1. The fraction of sp³-hybridized carbons (Fsp3) is 0.533. The number of carbonyl (C=O) groups excluding carboxylic acids is 1. The molecule has 1 aliphatic heterocycles. The van der Waals surface area contributed by atoms with E-state index in [2.05, 4.69) is 24.1 Å². The number of hydrogen-bond acceptors (Lipinski definition) is 3. The van der Waals surface area contributed by atoms with Crippen LogP contribution < -0.4 is 5.32 Å². The lowest BCUT2D eigenvalue weighted by Gasteiger charge is -2.20. The Hall–Kier alpha value is -1.26. The van der Waals surface area contributed by atoms with Crippen molar-refractivity contribution in [1.29, 1.82) is 0 Å². The van der Waals surface area contributed by atoms with Gasteiger partial charge in [-0.15, -0.1) is 0 Å². The molecule has 0 aromatic heterocycles. The van der Waals surface area contributed by atoms with Crippen molar-refractivity contribution in [3.05, 3.63) is 28.8 Å². The first-order valence-electron chi connectivity index (χ1n) is 6.94. The Morgan fingerprint density at radius 3 is 2.85 bits per heavy atom. The first-order valence-corrected chi connectivity index (χ1v) is 7.32. The highest BCUT2D eigenvalue weighted by Gasteiger charge is 2.27. The fourth-order valence-electron chi connectivity index (χ4n) is 2.39. The van der Waals surface area contributed by atoms with Crippen LogP contribution in [0.2, 0.25) is 5.02 Å². The zero-order valence-electron chi connectivity index (χ0n) is 12.1. The van der Waals surface area contributed by atoms with Crippen LogP contribution in [0.25, 0.3) is 0 Å². The number of aryl methyl sites for hydroxylation is 1. The minimum Gasteiger partial charge on any atom is -0.445 e. The van der Waals surface area contributed by atoms with Gasteiger partial charge in [0.25, 0.3) is 0 Å². The molecule has 1 amide bonds. The van der Waals surface area contributed by atoms with Crippen LogP contribution >= 0.6 is 11.6 Å². The molecule has 1 aromatic rings. The summed E-state index contributed by atoms with van der Waals surface area (Å²) in [5.74, 6) is 0. The fourth-order valence-corrected chi connectivity index (χ4v) is 2.66. The van der Waals surface area contributed by atoms with Gasteiger partial charge in [-0.05, 0) is 38.8 Å². The van der Waals surface area contributed by atoms with Gasteiger partial charge in [-0.25, -0.2) is 4.79 Å². The maximum Gasteiger partial charge on any atom is 0.411 e.